The maximum atomic E-state index is 14.0. The summed E-state index contributed by atoms with van der Waals surface area (Å²) >= 11 is 3.08. The minimum absolute atomic E-state index is 0.0542. The van der Waals surface area contributed by atoms with Crippen molar-refractivity contribution in [1.29, 1.82) is 0 Å². The van der Waals surface area contributed by atoms with Crippen molar-refractivity contribution in [3.05, 3.63) is 93.0 Å². The van der Waals surface area contributed by atoms with Crippen molar-refractivity contribution in [2.75, 3.05) is 13.6 Å². The van der Waals surface area contributed by atoms with Crippen LogP contribution in [0.1, 0.15) is 27.0 Å². The number of aldehydes is 1. The van der Waals surface area contributed by atoms with Gasteiger partial charge in [0, 0.05) is 0 Å². The molecule has 0 saturated carbocycles. The Balaban J connectivity index is 1.64. The fraction of sp³-hybridized carbons (Fsp3) is 0.250. The average molecular weight is 648 g/mol. The number of hydrogen-bond acceptors (Lipinski definition) is 4. The monoisotopic (exact) mass is 647 g/mol. The summed E-state index contributed by atoms with van der Waals surface area (Å²) in [6.45, 7) is 3.92. The van der Waals surface area contributed by atoms with E-state index >= 15 is 0 Å². The number of amides is 2. The first-order chi connectivity index (χ1) is 18.1. The van der Waals surface area contributed by atoms with Crippen LogP contribution in [0.4, 0.5) is 8.78 Å². The third kappa shape index (κ3) is 8.23. The quantitative estimate of drug-likeness (QED) is 0.251. The molecule has 3 aromatic rings. The van der Waals surface area contributed by atoms with E-state index in [-0.39, 0.29) is 30.2 Å². The van der Waals surface area contributed by atoms with Crippen LogP contribution in [-0.4, -0.2) is 58.4 Å². The molecular weight excluding hydrogens is 621 g/mol. The van der Waals surface area contributed by atoms with Crippen molar-refractivity contribution in [3.63, 3.8) is 0 Å². The number of aryl methyl sites for hydroxylation is 2. The van der Waals surface area contributed by atoms with E-state index in [1.54, 1.807) is 19.2 Å². The van der Waals surface area contributed by atoms with Gasteiger partial charge in [-0.1, -0.05) is 12.1 Å². The zero-order valence-corrected chi connectivity index (χ0v) is 24.6. The molecule has 0 heterocycles. The number of rotatable bonds is 11. The molecule has 0 aromatic heterocycles. The molecule has 199 valence electrons. The second-order valence-corrected chi connectivity index (χ2v) is 12.0. The summed E-state index contributed by atoms with van der Waals surface area (Å²) in [4.78, 5) is 38.5. The number of nitrogens with zero attached hydrogens (tertiary/aromatic N) is 1. The van der Waals surface area contributed by atoms with Crippen LogP contribution in [0, 0.1) is 25.5 Å². The molecule has 0 spiro atoms. The van der Waals surface area contributed by atoms with Crippen LogP contribution in [0.15, 0.2) is 59.1 Å². The Hall–Kier alpha value is -3.03. The van der Waals surface area contributed by atoms with Gasteiger partial charge in [0.15, 0.2) is 0 Å². The Morgan fingerprint density at radius 2 is 1.68 bits per heavy atom. The number of halogens is 3. The van der Waals surface area contributed by atoms with Crippen LogP contribution < -0.4 is 14.4 Å². The SMILES string of the molecule is Cc1cc(Br)cc(C)c1[As]CC(C=O)Oc1ccc(F)cc1C(=O)NCC(=O)N(C)Cc1ccc(F)cc1. The van der Waals surface area contributed by atoms with E-state index in [0.29, 0.717) is 11.5 Å². The predicted octanol–water partition coefficient (Wildman–Crippen LogP) is 4.13. The van der Waals surface area contributed by atoms with Crippen molar-refractivity contribution < 1.29 is 27.9 Å². The zero-order chi connectivity index (χ0) is 27.8. The van der Waals surface area contributed by atoms with Gasteiger partial charge in [-0.05, 0) is 12.1 Å². The molecule has 3 rings (SSSR count). The second kappa shape index (κ2) is 13.7. The smallest absolute Gasteiger partial charge is 0.207 e. The molecule has 10 heteroatoms. The van der Waals surface area contributed by atoms with Gasteiger partial charge >= 0.3 is 202 Å². The minimum Gasteiger partial charge on any atom is -0.207 e. The Bertz CT molecular complexity index is 1300. The summed E-state index contributed by atoms with van der Waals surface area (Å²) in [5, 5.41) is 2.94. The van der Waals surface area contributed by atoms with Crippen LogP contribution in [0.3, 0.4) is 0 Å². The first-order valence-corrected chi connectivity index (χ1v) is 14.8. The molecular formula is C28H27AsBrF2N2O4. The minimum atomic E-state index is -0.821. The van der Waals surface area contributed by atoms with Gasteiger partial charge in [0.1, 0.15) is 5.82 Å². The maximum absolute atomic E-state index is 14.0. The van der Waals surface area contributed by atoms with E-state index in [9.17, 15) is 23.2 Å². The van der Waals surface area contributed by atoms with Crippen molar-refractivity contribution in [1.82, 2.24) is 10.2 Å². The van der Waals surface area contributed by atoms with Crippen molar-refractivity contribution in [3.8, 4) is 5.75 Å². The molecule has 0 aliphatic heterocycles. The van der Waals surface area contributed by atoms with E-state index in [4.69, 9.17) is 4.74 Å². The van der Waals surface area contributed by atoms with E-state index < -0.39 is 39.5 Å². The van der Waals surface area contributed by atoms with E-state index in [1.807, 2.05) is 26.0 Å². The first-order valence-electron chi connectivity index (χ1n) is 11.7. The number of carbonyl (C=O) groups excluding carboxylic acids is 3. The molecule has 0 saturated heterocycles. The molecule has 0 bridgehead atoms. The first kappa shape index (κ1) is 29.5. The Morgan fingerprint density at radius 3 is 2.32 bits per heavy atom. The van der Waals surface area contributed by atoms with E-state index in [0.717, 1.165) is 33.3 Å². The summed E-state index contributed by atoms with van der Waals surface area (Å²) in [6, 6.07) is 13.2. The molecule has 1 atom stereocenters. The third-order valence-electron chi connectivity index (χ3n) is 5.66. The number of nitrogens with one attached hydrogen (secondary N) is 1. The number of carbonyl (C=O) groups is 3. The summed E-state index contributed by atoms with van der Waals surface area (Å²) in [7, 11) is 1.56. The second-order valence-electron chi connectivity index (χ2n) is 8.72. The van der Waals surface area contributed by atoms with Gasteiger partial charge in [0.05, 0.1) is 0 Å². The van der Waals surface area contributed by atoms with Crippen LogP contribution >= 0.6 is 15.9 Å². The van der Waals surface area contributed by atoms with Crippen LogP contribution in [-0.2, 0) is 16.1 Å². The van der Waals surface area contributed by atoms with Gasteiger partial charge in [-0.25, -0.2) is 4.39 Å². The molecule has 1 N–H and O–H groups in total. The molecule has 0 fully saturated rings. The van der Waals surface area contributed by atoms with Gasteiger partial charge in [0.2, 0.25) is 0 Å². The third-order valence-corrected chi connectivity index (χ3v) is 9.40. The van der Waals surface area contributed by atoms with Crippen molar-refractivity contribution >= 4 is 54.1 Å². The number of hydrogen-bond donors (Lipinski definition) is 1. The van der Waals surface area contributed by atoms with Gasteiger partial charge in [-0.3, -0.25) is 0 Å². The molecule has 0 aliphatic carbocycles. The summed E-state index contributed by atoms with van der Waals surface area (Å²) in [6.07, 6.45) is -0.143. The van der Waals surface area contributed by atoms with E-state index in [2.05, 4.69) is 21.2 Å². The molecule has 6 nitrogen and oxygen atoms in total. The zero-order valence-electron chi connectivity index (χ0n) is 21.1. The fourth-order valence-electron chi connectivity index (χ4n) is 3.73. The number of likely N-dealkylation sites (N-methyl/N-ethyl adjacent to an activating group) is 1. The average Bonchev–Trinajstić information content (AvgIpc) is 2.87. The molecule has 0 aliphatic rings. The van der Waals surface area contributed by atoms with Gasteiger partial charge in [-0.15, -0.1) is 0 Å². The molecule has 1 radical (unpaired) electrons. The standard InChI is InChI=1S/C28H27AsBrF2N2O4/c1-17-10-20(30)11-18(2)27(17)29-13-23(16-35)38-25-9-8-22(32)12-24(25)28(37)33-14-26(36)34(3)15-19-4-6-21(31)7-5-19/h4-12,16,23H,13-15H2,1-3H3,(H,33,37). The van der Waals surface area contributed by atoms with Gasteiger partial charge < -0.3 is 0 Å². The Kier molecular flexibility index (Phi) is 10.6. The molecule has 2 amide bonds. The van der Waals surface area contributed by atoms with Gasteiger partial charge in [0.25, 0.3) is 0 Å². The normalized spacial score (nSPS) is 11.8. The van der Waals surface area contributed by atoms with Crippen molar-refractivity contribution in [2.45, 2.75) is 31.7 Å². The molecule has 1 unspecified atom stereocenters. The summed E-state index contributed by atoms with van der Waals surface area (Å²) < 4.78 is 35.1. The molecule has 3 aromatic carbocycles. The van der Waals surface area contributed by atoms with Crippen LogP contribution in [0.25, 0.3) is 0 Å². The topological polar surface area (TPSA) is 75.7 Å². The Labute approximate surface area is 235 Å². The summed E-state index contributed by atoms with van der Waals surface area (Å²) in [5.41, 5.74) is 2.86. The number of benzene rings is 3. The van der Waals surface area contributed by atoms with Crippen LogP contribution in [0.5, 0.6) is 5.75 Å². The van der Waals surface area contributed by atoms with E-state index in [1.165, 1.54) is 27.5 Å². The Morgan fingerprint density at radius 1 is 1.05 bits per heavy atom. The van der Waals surface area contributed by atoms with Gasteiger partial charge in [-0.2, -0.15) is 0 Å². The fourth-order valence-corrected chi connectivity index (χ4v) is 6.83. The van der Waals surface area contributed by atoms with Crippen LogP contribution in [0.2, 0.25) is 5.21 Å². The number of ether oxygens (including phenoxy) is 1. The summed E-state index contributed by atoms with van der Waals surface area (Å²) in [5.74, 6) is -2.08. The van der Waals surface area contributed by atoms with Crippen molar-refractivity contribution in [2.24, 2.45) is 0 Å². The molecule has 38 heavy (non-hydrogen) atoms. The predicted molar refractivity (Wildman–Crippen MR) is 146 cm³/mol.